The van der Waals surface area contributed by atoms with E-state index in [-0.39, 0.29) is 24.0 Å². The van der Waals surface area contributed by atoms with Crippen molar-refractivity contribution in [1.29, 1.82) is 0 Å². The van der Waals surface area contributed by atoms with Gasteiger partial charge in [-0.2, -0.15) is 0 Å². The van der Waals surface area contributed by atoms with Crippen LogP contribution in [-0.2, 0) is 9.53 Å². The molecule has 1 aromatic heterocycles. The van der Waals surface area contributed by atoms with E-state index in [2.05, 4.69) is 15.3 Å². The van der Waals surface area contributed by atoms with Crippen molar-refractivity contribution in [3.05, 3.63) is 35.2 Å². The van der Waals surface area contributed by atoms with Gasteiger partial charge in [-0.25, -0.2) is 9.97 Å². The second-order valence-corrected chi connectivity index (χ2v) is 8.38. The topological polar surface area (TPSA) is 84.4 Å². The van der Waals surface area contributed by atoms with E-state index in [4.69, 9.17) is 4.74 Å². The van der Waals surface area contributed by atoms with Gasteiger partial charge < -0.3 is 15.0 Å². The van der Waals surface area contributed by atoms with Crippen LogP contribution in [0.3, 0.4) is 0 Å². The maximum atomic E-state index is 13.2. The number of ether oxygens (including phenoxy) is 1. The largest absolute Gasteiger partial charge is 0.379 e. The maximum Gasteiger partial charge on any atom is 0.253 e. The Hall–Kier alpha value is -2.54. The van der Waals surface area contributed by atoms with Crippen molar-refractivity contribution in [3.63, 3.8) is 0 Å². The van der Waals surface area contributed by atoms with Crippen molar-refractivity contribution in [2.45, 2.75) is 45.8 Å². The molecule has 0 unspecified atom stereocenters. The van der Waals surface area contributed by atoms with Gasteiger partial charge in [-0.3, -0.25) is 9.59 Å². The second-order valence-electron chi connectivity index (χ2n) is 8.38. The van der Waals surface area contributed by atoms with E-state index in [9.17, 15) is 9.59 Å². The van der Waals surface area contributed by atoms with E-state index < -0.39 is 0 Å². The lowest BCUT2D eigenvalue weighted by Crippen LogP contribution is -2.49. The number of rotatable bonds is 3. The van der Waals surface area contributed by atoms with Gasteiger partial charge in [0.25, 0.3) is 5.91 Å². The van der Waals surface area contributed by atoms with E-state index in [1.54, 1.807) is 7.11 Å². The predicted octanol–water partition coefficient (Wildman–Crippen LogP) is 2.25. The van der Waals surface area contributed by atoms with Crippen molar-refractivity contribution >= 4 is 22.8 Å². The molecule has 4 rings (SSSR count). The number of nitrogens with zero attached hydrogens (tertiary/aromatic N) is 3. The van der Waals surface area contributed by atoms with Crippen LogP contribution in [0.4, 0.5) is 0 Å². The minimum absolute atomic E-state index is 0.00244. The molecular weight excluding hydrogens is 368 g/mol. The first-order valence-corrected chi connectivity index (χ1v) is 10.2. The van der Waals surface area contributed by atoms with Crippen LogP contribution in [0.2, 0.25) is 0 Å². The molecule has 0 radical (unpaired) electrons. The number of aromatic nitrogens is 2. The molecule has 0 spiro atoms. The molecule has 1 aromatic carbocycles. The molecule has 1 saturated carbocycles. The first kappa shape index (κ1) is 19.8. The zero-order chi connectivity index (χ0) is 20.7. The van der Waals surface area contributed by atoms with Gasteiger partial charge in [0.05, 0.1) is 34.6 Å². The van der Waals surface area contributed by atoms with Crippen LogP contribution in [0.25, 0.3) is 11.0 Å². The fourth-order valence-corrected chi connectivity index (χ4v) is 4.80. The average Bonchev–Trinajstić information content (AvgIpc) is 3.09. The average molecular weight is 396 g/mol. The summed E-state index contributed by atoms with van der Waals surface area (Å²) in [7, 11) is 1.69. The monoisotopic (exact) mass is 396 g/mol. The molecule has 7 nitrogen and oxygen atoms in total. The zero-order valence-corrected chi connectivity index (χ0v) is 17.4. The standard InChI is InChI=1S/C22H28N4O3/c1-12-13(2)24-19-7-15(5-6-18(19)23-12)22(28)26-10-16-8-20(25-14(3)27)21(29-4)9-17(16)11-26/h5-7,16-17,20-21H,8-11H2,1-4H3,(H,25,27)/t16-,17+,20-,21-/m1/s1. The molecule has 1 saturated heterocycles. The molecular formula is C22H28N4O3. The summed E-state index contributed by atoms with van der Waals surface area (Å²) in [5, 5.41) is 3.02. The van der Waals surface area contributed by atoms with Crippen molar-refractivity contribution < 1.29 is 14.3 Å². The third-order valence-electron chi connectivity index (χ3n) is 6.42. The number of carbonyl (C=O) groups excluding carboxylic acids is 2. The number of hydrogen-bond donors (Lipinski definition) is 1. The summed E-state index contributed by atoms with van der Waals surface area (Å²) in [6, 6.07) is 5.57. The number of nitrogens with one attached hydrogen (secondary N) is 1. The number of aryl methyl sites for hydroxylation is 2. The van der Waals surface area contributed by atoms with Crippen LogP contribution >= 0.6 is 0 Å². The van der Waals surface area contributed by atoms with Crippen LogP contribution in [0.5, 0.6) is 0 Å². The highest BCUT2D eigenvalue weighted by Crippen LogP contribution is 2.38. The highest BCUT2D eigenvalue weighted by atomic mass is 16.5. The Morgan fingerprint density at radius 2 is 1.72 bits per heavy atom. The quantitative estimate of drug-likeness (QED) is 0.860. The van der Waals surface area contributed by atoms with Gasteiger partial charge in [0, 0.05) is 32.7 Å². The number of methoxy groups -OCH3 is 1. The Morgan fingerprint density at radius 1 is 1.07 bits per heavy atom. The summed E-state index contributed by atoms with van der Waals surface area (Å²) >= 11 is 0. The molecule has 1 N–H and O–H groups in total. The van der Waals surface area contributed by atoms with Crippen LogP contribution in [-0.4, -0.2) is 59.0 Å². The number of benzene rings is 1. The maximum absolute atomic E-state index is 13.2. The first-order chi connectivity index (χ1) is 13.9. The number of fused-ring (bicyclic) bond motifs is 2. The van der Waals surface area contributed by atoms with Gasteiger partial charge in [0.15, 0.2) is 0 Å². The Labute approximate surface area is 170 Å². The fraction of sp³-hybridized carbons (Fsp3) is 0.545. The van der Waals surface area contributed by atoms with Gasteiger partial charge in [0.1, 0.15) is 0 Å². The highest BCUT2D eigenvalue weighted by Gasteiger charge is 2.44. The Morgan fingerprint density at radius 3 is 2.38 bits per heavy atom. The molecule has 2 fully saturated rings. The van der Waals surface area contributed by atoms with E-state index >= 15 is 0 Å². The van der Waals surface area contributed by atoms with Crippen LogP contribution in [0, 0.1) is 25.7 Å². The Bertz CT molecular complexity index is 960. The minimum atomic E-state index is -0.0377. The number of carbonyl (C=O) groups is 2. The van der Waals surface area contributed by atoms with Gasteiger partial charge in [-0.1, -0.05) is 0 Å². The number of amides is 2. The second kappa shape index (κ2) is 7.71. The molecule has 2 heterocycles. The lowest BCUT2D eigenvalue weighted by molar-refractivity contribution is -0.121. The van der Waals surface area contributed by atoms with Crippen molar-refractivity contribution in [2.75, 3.05) is 20.2 Å². The van der Waals surface area contributed by atoms with Crippen molar-refractivity contribution in [1.82, 2.24) is 20.2 Å². The van der Waals surface area contributed by atoms with E-state index in [1.165, 1.54) is 6.92 Å². The molecule has 2 amide bonds. The van der Waals surface area contributed by atoms with Gasteiger partial charge in [0.2, 0.25) is 5.91 Å². The summed E-state index contributed by atoms with van der Waals surface area (Å²) in [5.74, 6) is 0.780. The third-order valence-corrected chi connectivity index (χ3v) is 6.42. The lowest BCUT2D eigenvalue weighted by atomic mass is 9.77. The fourth-order valence-electron chi connectivity index (χ4n) is 4.80. The Balaban J connectivity index is 1.51. The normalized spacial score (nSPS) is 26.4. The van der Waals surface area contributed by atoms with Gasteiger partial charge >= 0.3 is 0 Å². The summed E-state index contributed by atoms with van der Waals surface area (Å²) in [5.41, 5.74) is 3.99. The lowest BCUT2D eigenvalue weighted by Gasteiger charge is -2.37. The third kappa shape index (κ3) is 3.83. The summed E-state index contributed by atoms with van der Waals surface area (Å²) < 4.78 is 5.63. The van der Waals surface area contributed by atoms with Gasteiger partial charge in [-0.15, -0.1) is 0 Å². The molecule has 154 valence electrons. The number of likely N-dealkylation sites (tertiary alicyclic amines) is 1. The first-order valence-electron chi connectivity index (χ1n) is 10.2. The van der Waals surface area contributed by atoms with E-state index in [0.717, 1.165) is 41.8 Å². The molecule has 7 heteroatoms. The molecule has 1 aliphatic heterocycles. The summed E-state index contributed by atoms with van der Waals surface area (Å²) in [6.07, 6.45) is 1.70. The smallest absolute Gasteiger partial charge is 0.253 e. The zero-order valence-electron chi connectivity index (χ0n) is 17.4. The van der Waals surface area contributed by atoms with Crippen molar-refractivity contribution in [2.24, 2.45) is 11.8 Å². The number of hydrogen-bond acceptors (Lipinski definition) is 5. The Kier molecular flexibility index (Phi) is 5.25. The molecule has 1 aliphatic carbocycles. The van der Waals surface area contributed by atoms with E-state index in [1.807, 2.05) is 36.9 Å². The summed E-state index contributed by atoms with van der Waals surface area (Å²) in [6.45, 7) is 6.85. The van der Waals surface area contributed by atoms with Gasteiger partial charge in [-0.05, 0) is 56.7 Å². The van der Waals surface area contributed by atoms with E-state index in [0.29, 0.717) is 23.9 Å². The molecule has 29 heavy (non-hydrogen) atoms. The van der Waals surface area contributed by atoms with Crippen LogP contribution in [0.15, 0.2) is 18.2 Å². The minimum Gasteiger partial charge on any atom is -0.379 e. The molecule has 0 bridgehead atoms. The van der Waals surface area contributed by atoms with Crippen LogP contribution in [0.1, 0.15) is 41.5 Å². The molecule has 4 atom stereocenters. The molecule has 2 aliphatic rings. The van der Waals surface area contributed by atoms with Crippen LogP contribution < -0.4 is 5.32 Å². The summed E-state index contributed by atoms with van der Waals surface area (Å²) in [4.78, 5) is 35.8. The predicted molar refractivity (Wildman–Crippen MR) is 110 cm³/mol. The molecule has 2 aromatic rings. The SMILES string of the molecule is CO[C@@H]1C[C@H]2CN(C(=O)c3ccc4nc(C)c(C)nc4c3)C[C@H]2C[C@H]1NC(C)=O. The highest BCUT2D eigenvalue weighted by molar-refractivity contribution is 5.97. The van der Waals surface area contributed by atoms with Crippen molar-refractivity contribution in [3.8, 4) is 0 Å².